The van der Waals surface area contributed by atoms with Gasteiger partial charge in [-0.15, -0.1) is 0 Å². The maximum atomic E-state index is 11.6. The van der Waals surface area contributed by atoms with Crippen molar-refractivity contribution in [2.24, 2.45) is 5.92 Å². The van der Waals surface area contributed by atoms with Gasteiger partial charge in [-0.2, -0.15) is 5.10 Å². The van der Waals surface area contributed by atoms with Gasteiger partial charge < -0.3 is 10.0 Å². The van der Waals surface area contributed by atoms with E-state index in [-0.39, 0.29) is 11.6 Å². The van der Waals surface area contributed by atoms with Crippen LogP contribution in [0, 0.1) is 23.0 Å². The van der Waals surface area contributed by atoms with Crippen LogP contribution in [0.15, 0.2) is 0 Å². The zero-order valence-electron chi connectivity index (χ0n) is 12.4. The molecule has 2 heterocycles. The Balaban J connectivity index is 2.57. The molecule has 1 aromatic rings. The van der Waals surface area contributed by atoms with Crippen LogP contribution >= 0.6 is 0 Å². The SMILES string of the molecule is CCn1nc(C)c([N+](=O)[O-])c1N1CCCC(C)C1C(=O)O. The minimum atomic E-state index is -0.946. The molecule has 1 saturated heterocycles. The van der Waals surface area contributed by atoms with Gasteiger partial charge in [0.2, 0.25) is 5.82 Å². The fourth-order valence-electron chi connectivity index (χ4n) is 3.08. The Morgan fingerprint density at radius 3 is 2.76 bits per heavy atom. The molecule has 21 heavy (non-hydrogen) atoms. The fourth-order valence-corrected chi connectivity index (χ4v) is 3.08. The number of aryl methyl sites for hydroxylation is 2. The van der Waals surface area contributed by atoms with E-state index in [0.29, 0.717) is 24.6 Å². The van der Waals surface area contributed by atoms with E-state index in [1.54, 1.807) is 11.8 Å². The van der Waals surface area contributed by atoms with E-state index in [1.165, 1.54) is 4.68 Å². The second-order valence-electron chi connectivity index (χ2n) is 5.43. The number of hydrogen-bond donors (Lipinski definition) is 1. The highest BCUT2D eigenvalue weighted by Gasteiger charge is 2.40. The molecule has 1 aromatic heterocycles. The Morgan fingerprint density at radius 2 is 2.24 bits per heavy atom. The molecule has 1 aliphatic heterocycles. The van der Waals surface area contributed by atoms with Gasteiger partial charge in [0, 0.05) is 13.1 Å². The summed E-state index contributed by atoms with van der Waals surface area (Å²) in [5, 5.41) is 25.0. The summed E-state index contributed by atoms with van der Waals surface area (Å²) in [6, 6.07) is -0.751. The molecule has 8 heteroatoms. The van der Waals surface area contributed by atoms with E-state index in [4.69, 9.17) is 0 Å². The fraction of sp³-hybridized carbons (Fsp3) is 0.692. The van der Waals surface area contributed by atoms with Gasteiger partial charge in [0.25, 0.3) is 0 Å². The Kier molecular flexibility index (Phi) is 4.15. The van der Waals surface area contributed by atoms with Crippen LogP contribution < -0.4 is 4.90 Å². The van der Waals surface area contributed by atoms with Gasteiger partial charge in [-0.3, -0.25) is 10.1 Å². The molecule has 0 aliphatic carbocycles. The summed E-state index contributed by atoms with van der Waals surface area (Å²) in [6.45, 7) is 6.24. The zero-order chi connectivity index (χ0) is 15.7. The number of aliphatic carboxylic acids is 1. The monoisotopic (exact) mass is 296 g/mol. The number of carbonyl (C=O) groups is 1. The second-order valence-corrected chi connectivity index (χ2v) is 5.43. The molecule has 0 radical (unpaired) electrons. The van der Waals surface area contributed by atoms with Crippen molar-refractivity contribution in [2.75, 3.05) is 11.4 Å². The number of nitro groups is 1. The smallest absolute Gasteiger partial charge is 0.333 e. The molecule has 2 atom stereocenters. The molecule has 1 aliphatic rings. The number of hydrogen-bond acceptors (Lipinski definition) is 5. The lowest BCUT2D eigenvalue weighted by Crippen LogP contribution is -2.50. The number of anilines is 1. The first-order chi connectivity index (χ1) is 9.88. The third kappa shape index (κ3) is 2.57. The molecule has 0 bridgehead atoms. The van der Waals surface area contributed by atoms with Gasteiger partial charge in [-0.25, -0.2) is 9.48 Å². The quantitative estimate of drug-likeness (QED) is 0.671. The molecular weight excluding hydrogens is 276 g/mol. The molecule has 1 fully saturated rings. The third-order valence-corrected chi connectivity index (χ3v) is 4.01. The first-order valence-corrected chi connectivity index (χ1v) is 7.09. The first-order valence-electron chi connectivity index (χ1n) is 7.09. The van der Waals surface area contributed by atoms with E-state index in [9.17, 15) is 20.0 Å². The minimum Gasteiger partial charge on any atom is -0.480 e. The van der Waals surface area contributed by atoms with Crippen molar-refractivity contribution >= 4 is 17.5 Å². The van der Waals surface area contributed by atoms with Gasteiger partial charge in [0.05, 0.1) is 4.92 Å². The molecule has 116 valence electrons. The summed E-state index contributed by atoms with van der Waals surface area (Å²) < 4.78 is 1.53. The summed E-state index contributed by atoms with van der Waals surface area (Å²) in [5.74, 6) is -0.687. The van der Waals surface area contributed by atoms with E-state index < -0.39 is 16.9 Å². The number of aromatic nitrogens is 2. The normalized spacial score (nSPS) is 22.3. The van der Waals surface area contributed by atoms with Gasteiger partial charge in [0.1, 0.15) is 11.7 Å². The molecule has 1 N–H and O–H groups in total. The summed E-state index contributed by atoms with van der Waals surface area (Å²) >= 11 is 0. The van der Waals surface area contributed by atoms with Gasteiger partial charge >= 0.3 is 11.7 Å². The first kappa shape index (κ1) is 15.3. The van der Waals surface area contributed by atoms with E-state index in [1.807, 2.05) is 13.8 Å². The van der Waals surface area contributed by atoms with Crippen molar-refractivity contribution in [3.05, 3.63) is 15.8 Å². The summed E-state index contributed by atoms with van der Waals surface area (Å²) in [4.78, 5) is 24.1. The average molecular weight is 296 g/mol. The maximum absolute atomic E-state index is 11.6. The predicted molar refractivity (Wildman–Crippen MR) is 76.5 cm³/mol. The number of rotatable bonds is 4. The van der Waals surface area contributed by atoms with E-state index in [2.05, 4.69) is 5.10 Å². The zero-order valence-corrected chi connectivity index (χ0v) is 12.4. The van der Waals surface area contributed by atoms with Crippen LogP contribution in [-0.4, -0.2) is 38.4 Å². The topological polar surface area (TPSA) is 101 Å². The van der Waals surface area contributed by atoms with Crippen LogP contribution in [0.5, 0.6) is 0 Å². The van der Waals surface area contributed by atoms with Crippen LogP contribution in [0.2, 0.25) is 0 Å². The Morgan fingerprint density at radius 1 is 1.57 bits per heavy atom. The lowest BCUT2D eigenvalue weighted by atomic mass is 9.90. The number of carboxylic acid groups (broad SMARTS) is 1. The Labute approximate surface area is 122 Å². The second kappa shape index (κ2) is 5.71. The Hall–Kier alpha value is -2.12. The average Bonchev–Trinajstić information content (AvgIpc) is 2.74. The van der Waals surface area contributed by atoms with Crippen molar-refractivity contribution in [1.29, 1.82) is 0 Å². The largest absolute Gasteiger partial charge is 0.480 e. The predicted octanol–water partition coefficient (Wildman–Crippen LogP) is 1.81. The highest BCUT2D eigenvalue weighted by Crippen LogP contribution is 2.37. The van der Waals surface area contributed by atoms with Crippen LogP contribution in [-0.2, 0) is 11.3 Å². The van der Waals surface area contributed by atoms with Crippen LogP contribution in [0.4, 0.5) is 11.5 Å². The number of piperidine rings is 1. The minimum absolute atomic E-state index is 0.0589. The highest BCUT2D eigenvalue weighted by molar-refractivity contribution is 5.80. The van der Waals surface area contributed by atoms with Crippen LogP contribution in [0.1, 0.15) is 32.4 Å². The number of nitrogens with zero attached hydrogens (tertiary/aromatic N) is 4. The molecule has 2 rings (SSSR count). The molecule has 0 spiro atoms. The molecule has 0 aromatic carbocycles. The summed E-state index contributed by atoms with van der Waals surface area (Å²) in [7, 11) is 0. The lowest BCUT2D eigenvalue weighted by molar-refractivity contribution is -0.384. The van der Waals surface area contributed by atoms with Gasteiger partial charge in [0.15, 0.2) is 0 Å². The number of carboxylic acids is 1. The molecule has 0 amide bonds. The van der Waals surface area contributed by atoms with Gasteiger partial charge in [-0.1, -0.05) is 6.92 Å². The molecule has 8 nitrogen and oxygen atoms in total. The van der Waals surface area contributed by atoms with E-state index >= 15 is 0 Å². The van der Waals surface area contributed by atoms with Crippen molar-refractivity contribution in [3.63, 3.8) is 0 Å². The summed E-state index contributed by atoms with van der Waals surface area (Å²) in [6.07, 6.45) is 1.62. The Bertz CT molecular complexity index is 569. The van der Waals surface area contributed by atoms with E-state index in [0.717, 1.165) is 12.8 Å². The van der Waals surface area contributed by atoms with Crippen molar-refractivity contribution < 1.29 is 14.8 Å². The summed E-state index contributed by atoms with van der Waals surface area (Å²) in [5.41, 5.74) is 0.233. The molecule has 2 unspecified atom stereocenters. The molecular formula is C13H20N4O4. The molecule has 0 saturated carbocycles. The van der Waals surface area contributed by atoms with Gasteiger partial charge in [-0.05, 0) is 32.6 Å². The van der Waals surface area contributed by atoms with Crippen LogP contribution in [0.25, 0.3) is 0 Å². The maximum Gasteiger partial charge on any atom is 0.333 e. The van der Waals surface area contributed by atoms with Crippen molar-refractivity contribution in [1.82, 2.24) is 9.78 Å². The third-order valence-electron chi connectivity index (χ3n) is 4.01. The highest BCUT2D eigenvalue weighted by atomic mass is 16.6. The standard InChI is InChI=1S/C13H20N4O4/c1-4-16-12(11(17(20)21)9(3)14-16)15-7-5-6-8(2)10(15)13(18)19/h8,10H,4-7H2,1-3H3,(H,18,19). The lowest BCUT2D eigenvalue weighted by Gasteiger charge is -2.38. The van der Waals surface area contributed by atoms with Crippen LogP contribution in [0.3, 0.4) is 0 Å². The van der Waals surface area contributed by atoms with Crippen molar-refractivity contribution in [3.8, 4) is 0 Å². The van der Waals surface area contributed by atoms with Crippen molar-refractivity contribution in [2.45, 2.75) is 46.2 Å².